The molecule has 23 heavy (non-hydrogen) atoms. The highest BCUT2D eigenvalue weighted by atomic mass is 32.1. The molecule has 0 unspecified atom stereocenters. The van der Waals surface area contributed by atoms with Gasteiger partial charge in [-0.25, -0.2) is 9.78 Å². The fourth-order valence-electron chi connectivity index (χ4n) is 2.29. The van der Waals surface area contributed by atoms with Crippen LogP contribution in [0.4, 0.5) is 4.79 Å². The molecule has 6 nitrogen and oxygen atoms in total. The van der Waals surface area contributed by atoms with Crippen LogP contribution < -0.4 is 10.6 Å². The summed E-state index contributed by atoms with van der Waals surface area (Å²) in [5, 5.41) is 16.7. The topological polar surface area (TPSA) is 87.4 Å². The van der Waals surface area contributed by atoms with Crippen LogP contribution in [0.2, 0.25) is 0 Å². The van der Waals surface area contributed by atoms with E-state index in [2.05, 4.69) is 15.6 Å². The fourth-order valence-corrected chi connectivity index (χ4v) is 3.19. The van der Waals surface area contributed by atoms with Gasteiger partial charge in [-0.3, -0.25) is 0 Å². The van der Waals surface area contributed by atoms with Crippen LogP contribution in [-0.2, 0) is 0 Å². The first-order chi connectivity index (χ1) is 11.0. The van der Waals surface area contributed by atoms with E-state index in [1.807, 2.05) is 27.0 Å². The predicted molar refractivity (Wildman–Crippen MR) is 89.3 cm³/mol. The van der Waals surface area contributed by atoms with Gasteiger partial charge >= 0.3 is 6.03 Å². The maximum absolute atomic E-state index is 12.1. The number of amides is 2. The van der Waals surface area contributed by atoms with Gasteiger partial charge in [0, 0.05) is 23.5 Å². The molecule has 0 aliphatic carbocycles. The second-order valence-electron chi connectivity index (χ2n) is 5.56. The Morgan fingerprint density at radius 2 is 2.26 bits per heavy atom. The number of nitrogens with one attached hydrogen (secondary N) is 2. The quantitative estimate of drug-likeness (QED) is 0.723. The summed E-state index contributed by atoms with van der Waals surface area (Å²) < 4.78 is 5.16. The number of thiazole rings is 1. The van der Waals surface area contributed by atoms with Crippen molar-refractivity contribution in [2.24, 2.45) is 0 Å². The average molecular weight is 337 g/mol. The molecule has 2 aromatic rings. The van der Waals surface area contributed by atoms with E-state index >= 15 is 0 Å². The molecule has 0 aliphatic heterocycles. The van der Waals surface area contributed by atoms with Crippen LogP contribution >= 0.6 is 11.3 Å². The lowest BCUT2D eigenvalue weighted by Crippen LogP contribution is -2.42. The fraction of sp³-hybridized carbons (Fsp3) is 0.500. The number of hydrogen-bond acceptors (Lipinski definition) is 5. The zero-order chi connectivity index (χ0) is 16.8. The number of aliphatic hydroxyl groups excluding tert-OH is 1. The first-order valence-electron chi connectivity index (χ1n) is 7.70. The highest BCUT2D eigenvalue weighted by molar-refractivity contribution is 7.11. The Bertz CT molecular complexity index is 612. The van der Waals surface area contributed by atoms with E-state index < -0.39 is 6.10 Å². The monoisotopic (exact) mass is 337 g/mol. The summed E-state index contributed by atoms with van der Waals surface area (Å²) in [6.07, 6.45) is 3.75. The normalized spacial score (nSPS) is 15.0. The molecule has 0 radical (unpaired) electrons. The van der Waals surface area contributed by atoms with Crippen LogP contribution in [-0.4, -0.2) is 22.2 Å². The summed E-state index contributed by atoms with van der Waals surface area (Å²) >= 11 is 1.58. The molecule has 0 aromatic carbocycles. The summed E-state index contributed by atoms with van der Waals surface area (Å²) in [5.74, 6) is 0.503. The number of carbonyl (C=O) groups is 1. The third-order valence-electron chi connectivity index (χ3n) is 3.48. The maximum Gasteiger partial charge on any atom is 0.315 e. The van der Waals surface area contributed by atoms with E-state index in [4.69, 9.17) is 4.42 Å². The number of urea groups is 1. The number of nitrogens with zero attached hydrogens (tertiary/aromatic N) is 1. The molecular formula is C16H23N3O3S. The molecule has 2 aromatic heterocycles. The Hall–Kier alpha value is -1.86. The van der Waals surface area contributed by atoms with Crippen LogP contribution in [0.15, 0.2) is 29.0 Å². The Morgan fingerprint density at radius 1 is 1.48 bits per heavy atom. The molecule has 126 valence electrons. The second-order valence-corrected chi connectivity index (χ2v) is 6.82. The highest BCUT2D eigenvalue weighted by Crippen LogP contribution is 2.22. The van der Waals surface area contributed by atoms with Gasteiger partial charge in [0.2, 0.25) is 0 Å². The number of aromatic nitrogens is 1. The number of rotatable bonds is 7. The molecule has 2 rings (SSSR count). The molecule has 2 heterocycles. The number of furan rings is 1. The summed E-state index contributed by atoms with van der Waals surface area (Å²) in [6.45, 7) is 5.85. The molecule has 3 N–H and O–H groups in total. The van der Waals surface area contributed by atoms with Crippen molar-refractivity contribution in [2.45, 2.75) is 51.8 Å². The highest BCUT2D eigenvalue weighted by Gasteiger charge is 2.19. The minimum atomic E-state index is -0.733. The van der Waals surface area contributed by atoms with Crippen LogP contribution in [0.1, 0.15) is 54.5 Å². The van der Waals surface area contributed by atoms with Crippen molar-refractivity contribution in [3.63, 3.8) is 0 Å². The molecule has 2 amide bonds. The molecule has 0 bridgehead atoms. The summed E-state index contributed by atoms with van der Waals surface area (Å²) in [5.41, 5.74) is 0. The number of hydrogen-bond donors (Lipinski definition) is 3. The SMILES string of the molecule is CC[C@H](NC(=O)N[C@@H](C)C[C@@H](O)c1ccco1)c1ncc(C)s1. The van der Waals surface area contributed by atoms with Crippen LogP contribution in [0.3, 0.4) is 0 Å². The van der Waals surface area contributed by atoms with Gasteiger partial charge in [0.15, 0.2) is 0 Å². The van der Waals surface area contributed by atoms with E-state index in [-0.39, 0.29) is 18.1 Å². The van der Waals surface area contributed by atoms with Crippen molar-refractivity contribution >= 4 is 17.4 Å². The van der Waals surface area contributed by atoms with E-state index in [1.54, 1.807) is 23.5 Å². The second kappa shape index (κ2) is 8.12. The Labute approximate surface area is 139 Å². The van der Waals surface area contributed by atoms with Gasteiger partial charge in [0.1, 0.15) is 16.9 Å². The summed E-state index contributed by atoms with van der Waals surface area (Å²) in [7, 11) is 0. The van der Waals surface area contributed by atoms with Crippen molar-refractivity contribution < 1.29 is 14.3 Å². The average Bonchev–Trinajstić information content (AvgIpc) is 3.15. The number of aliphatic hydroxyl groups is 1. The third kappa shape index (κ3) is 5.07. The van der Waals surface area contributed by atoms with Gasteiger partial charge in [0.05, 0.1) is 12.3 Å². The molecule has 0 saturated carbocycles. The first-order valence-corrected chi connectivity index (χ1v) is 8.52. The first kappa shape index (κ1) is 17.5. The van der Waals surface area contributed by atoms with E-state index in [0.29, 0.717) is 12.2 Å². The molecule has 0 saturated heterocycles. The Morgan fingerprint density at radius 3 is 2.83 bits per heavy atom. The lowest BCUT2D eigenvalue weighted by molar-refractivity contribution is 0.129. The predicted octanol–water partition coefficient (Wildman–Crippen LogP) is 3.31. The van der Waals surface area contributed by atoms with Crippen molar-refractivity contribution in [3.8, 4) is 0 Å². The van der Waals surface area contributed by atoms with E-state index in [1.165, 1.54) is 6.26 Å². The molecule has 0 aliphatic rings. The van der Waals surface area contributed by atoms with Gasteiger partial charge < -0.3 is 20.2 Å². The van der Waals surface area contributed by atoms with Gasteiger partial charge in [-0.05, 0) is 32.4 Å². The molecule has 7 heteroatoms. The number of aryl methyl sites for hydroxylation is 1. The van der Waals surface area contributed by atoms with Crippen LogP contribution in [0.25, 0.3) is 0 Å². The van der Waals surface area contributed by atoms with Crippen molar-refractivity contribution in [1.29, 1.82) is 0 Å². The standard InChI is InChI=1S/C16H23N3O3S/c1-4-12(15-17-9-11(3)23-15)19-16(21)18-10(2)8-13(20)14-6-5-7-22-14/h5-7,9-10,12-13,20H,4,8H2,1-3H3,(H2,18,19,21)/t10-,12-,13+/m0/s1. The molecule has 0 spiro atoms. The van der Waals surface area contributed by atoms with Gasteiger partial charge in [0.25, 0.3) is 0 Å². The van der Waals surface area contributed by atoms with Crippen molar-refractivity contribution in [3.05, 3.63) is 40.2 Å². The largest absolute Gasteiger partial charge is 0.467 e. The molecule has 3 atom stereocenters. The molecule has 0 fully saturated rings. The zero-order valence-electron chi connectivity index (χ0n) is 13.6. The van der Waals surface area contributed by atoms with E-state index in [9.17, 15) is 9.90 Å². The minimum Gasteiger partial charge on any atom is -0.467 e. The van der Waals surface area contributed by atoms with Crippen molar-refractivity contribution in [2.75, 3.05) is 0 Å². The molecular weight excluding hydrogens is 314 g/mol. The van der Waals surface area contributed by atoms with Gasteiger partial charge in [-0.1, -0.05) is 6.92 Å². The van der Waals surface area contributed by atoms with Gasteiger partial charge in [-0.2, -0.15) is 0 Å². The van der Waals surface area contributed by atoms with Gasteiger partial charge in [-0.15, -0.1) is 11.3 Å². The minimum absolute atomic E-state index is 0.101. The van der Waals surface area contributed by atoms with Crippen LogP contribution in [0.5, 0.6) is 0 Å². The lowest BCUT2D eigenvalue weighted by Gasteiger charge is -2.20. The maximum atomic E-state index is 12.1. The van der Waals surface area contributed by atoms with Crippen molar-refractivity contribution in [1.82, 2.24) is 15.6 Å². The van der Waals surface area contributed by atoms with E-state index in [0.717, 1.165) is 16.3 Å². The van der Waals surface area contributed by atoms with Crippen LogP contribution in [0, 0.1) is 6.92 Å². The Kier molecular flexibility index (Phi) is 6.18. The summed E-state index contributed by atoms with van der Waals surface area (Å²) in [4.78, 5) is 17.6. The zero-order valence-corrected chi connectivity index (χ0v) is 14.4. The summed E-state index contributed by atoms with van der Waals surface area (Å²) in [6, 6.07) is 2.89. The third-order valence-corrected chi connectivity index (χ3v) is 4.50. The Balaban J connectivity index is 1.83. The smallest absolute Gasteiger partial charge is 0.315 e. The number of carbonyl (C=O) groups excluding carboxylic acids is 1. The lowest BCUT2D eigenvalue weighted by atomic mass is 10.1.